The van der Waals surface area contributed by atoms with Crippen molar-refractivity contribution in [2.24, 2.45) is 11.1 Å². The van der Waals surface area contributed by atoms with E-state index in [1.165, 1.54) is 27.7 Å². The van der Waals surface area contributed by atoms with Gasteiger partial charge in [-0.1, -0.05) is 20.8 Å². The zero-order valence-electron chi connectivity index (χ0n) is 18.8. The number of nitrogens with two attached hydrogens (primary N) is 1. The van der Waals surface area contributed by atoms with Crippen LogP contribution in [-0.4, -0.2) is 44.3 Å². The van der Waals surface area contributed by atoms with Gasteiger partial charge in [-0.05, 0) is 70.7 Å². The molecule has 2 heterocycles. The van der Waals surface area contributed by atoms with Crippen molar-refractivity contribution in [3.63, 3.8) is 0 Å². The first-order valence-electron chi connectivity index (χ1n) is 10.5. The van der Waals surface area contributed by atoms with Gasteiger partial charge in [-0.3, -0.25) is 4.90 Å². The van der Waals surface area contributed by atoms with Crippen LogP contribution >= 0.6 is 0 Å². The van der Waals surface area contributed by atoms with Gasteiger partial charge in [-0.2, -0.15) is 0 Å². The normalized spacial score (nSPS) is 16.9. The fourth-order valence-corrected chi connectivity index (χ4v) is 5.16. The van der Waals surface area contributed by atoms with Crippen LogP contribution in [0.4, 0.5) is 0 Å². The van der Waals surface area contributed by atoms with Crippen LogP contribution in [-0.2, 0) is 24.7 Å². The minimum Gasteiger partial charge on any atom is -0.870 e. The zero-order chi connectivity index (χ0) is 20.7. The number of nitrogens with one attached hydrogen (secondary N) is 1. The van der Waals surface area contributed by atoms with E-state index in [0.29, 0.717) is 11.8 Å². The number of aromatic amines is 1. The van der Waals surface area contributed by atoms with Crippen molar-refractivity contribution in [1.82, 2.24) is 9.88 Å². The molecule has 0 amide bonds. The molecule has 5 nitrogen and oxygen atoms in total. The Kier molecular flexibility index (Phi) is 7.37. The molecule has 3 rings (SSSR count). The molecule has 5 N–H and O–H groups in total. The van der Waals surface area contributed by atoms with E-state index < -0.39 is 0 Å². The zero-order valence-corrected chi connectivity index (χ0v) is 19.7. The molecule has 1 aromatic carbocycles. The van der Waals surface area contributed by atoms with Gasteiger partial charge in [0.05, 0.1) is 5.52 Å². The molecule has 0 bridgehead atoms. The van der Waals surface area contributed by atoms with Crippen LogP contribution < -0.4 is 5.73 Å². The highest BCUT2D eigenvalue weighted by Gasteiger charge is 2.30. The number of nitrogens with zero attached hydrogens (tertiary/aromatic N) is 1. The Labute approximate surface area is 179 Å². The number of aromatic nitrogens is 1. The summed E-state index contributed by atoms with van der Waals surface area (Å²) in [5.74, 6) is 0.393. The first-order chi connectivity index (χ1) is 12.9. The summed E-state index contributed by atoms with van der Waals surface area (Å²) >= 11 is 1.30. The van der Waals surface area contributed by atoms with E-state index in [4.69, 9.17) is 5.73 Å². The first-order valence-corrected chi connectivity index (χ1v) is 11.4. The second-order valence-corrected chi connectivity index (χ2v) is 12.6. The Morgan fingerprint density at radius 1 is 1.10 bits per heavy atom. The molecule has 0 saturated carbocycles. The Bertz CT molecular complexity index is 825. The van der Waals surface area contributed by atoms with E-state index in [1.807, 2.05) is 6.07 Å². The van der Waals surface area contributed by atoms with Crippen LogP contribution in [0.25, 0.3) is 10.9 Å². The summed E-state index contributed by atoms with van der Waals surface area (Å²) in [5.41, 5.74) is 9.82. The monoisotopic (exact) mass is 421 g/mol. The molecule has 0 unspecified atom stereocenters. The summed E-state index contributed by atoms with van der Waals surface area (Å²) in [6.07, 6.45) is 3.09. The van der Waals surface area contributed by atoms with Crippen molar-refractivity contribution < 1.29 is 10.6 Å². The highest BCUT2D eigenvalue weighted by atomic mass is 32.2. The molecule has 1 saturated heterocycles. The van der Waals surface area contributed by atoms with E-state index >= 15 is 0 Å². The Morgan fingerprint density at radius 2 is 1.72 bits per heavy atom. The van der Waals surface area contributed by atoms with Crippen molar-refractivity contribution in [2.45, 2.75) is 83.2 Å². The van der Waals surface area contributed by atoms with Gasteiger partial charge in [0.1, 0.15) is 10.5 Å². The van der Waals surface area contributed by atoms with Crippen molar-refractivity contribution in [3.05, 3.63) is 23.3 Å². The summed E-state index contributed by atoms with van der Waals surface area (Å²) in [5, 5.41) is 13.2. The summed E-state index contributed by atoms with van der Waals surface area (Å²) in [4.78, 5) is 6.15. The van der Waals surface area contributed by atoms with Gasteiger partial charge in [0, 0.05) is 40.9 Å². The van der Waals surface area contributed by atoms with E-state index in [-0.39, 0.29) is 15.6 Å². The molecule has 0 aliphatic carbocycles. The number of thiol groups is 1. The molecule has 0 radical (unpaired) electrons. The SMILES string of the molecule is CC(C)(C)Cc1c([SH+]C(C)(C)C)[nH]c2c(CN3CCC(N)CC3)c(O)ccc12.[OH-]. The quantitative estimate of drug-likeness (QED) is 0.510. The lowest BCUT2D eigenvalue weighted by Crippen LogP contribution is -2.39. The highest BCUT2D eigenvalue weighted by Crippen LogP contribution is 2.37. The van der Waals surface area contributed by atoms with Gasteiger partial charge >= 0.3 is 0 Å². The maximum absolute atomic E-state index is 10.7. The van der Waals surface area contributed by atoms with Crippen LogP contribution in [0.1, 0.15) is 65.5 Å². The predicted octanol–water partition coefficient (Wildman–Crippen LogP) is 4.18. The number of hydrogen-bond acceptors (Lipinski definition) is 4. The minimum atomic E-state index is 0. The molecule has 2 aromatic rings. The number of rotatable bonds is 4. The number of likely N-dealkylation sites (tertiary alicyclic amines) is 1. The maximum Gasteiger partial charge on any atom is 0.227 e. The fourth-order valence-electron chi connectivity index (χ4n) is 3.99. The minimum absolute atomic E-state index is 0. The van der Waals surface area contributed by atoms with Crippen LogP contribution in [0.3, 0.4) is 0 Å². The standard InChI is InChI=1S/C23H37N3OS.H2O/c1-22(2,3)13-17-16-7-8-19(27)18(14-26-11-9-15(24)10-12-26)20(16)25-21(17)28-23(4,5)6;/h7-8,15,25,27H,9-14,24H2,1-6H3;1H2. The van der Waals surface area contributed by atoms with Gasteiger partial charge in [-0.25, -0.2) is 0 Å². The van der Waals surface area contributed by atoms with E-state index in [9.17, 15) is 5.11 Å². The third kappa shape index (κ3) is 6.14. The van der Waals surface area contributed by atoms with Crippen LogP contribution in [0, 0.1) is 5.41 Å². The molecule has 1 aliphatic rings. The number of fused-ring (bicyclic) bond motifs is 1. The lowest BCUT2D eigenvalue weighted by molar-refractivity contribution is 0.204. The average molecular weight is 422 g/mol. The van der Waals surface area contributed by atoms with E-state index in [2.05, 4.69) is 57.5 Å². The van der Waals surface area contributed by atoms with Crippen LogP contribution in [0.2, 0.25) is 0 Å². The second kappa shape index (κ2) is 8.88. The molecule has 0 atom stereocenters. The molecule has 164 valence electrons. The summed E-state index contributed by atoms with van der Waals surface area (Å²) in [7, 11) is 0. The number of aromatic hydroxyl groups is 1. The summed E-state index contributed by atoms with van der Waals surface area (Å²) in [6.45, 7) is 16.5. The summed E-state index contributed by atoms with van der Waals surface area (Å²) in [6, 6.07) is 4.30. The number of piperidine rings is 1. The van der Waals surface area contributed by atoms with Gasteiger partial charge in [-0.15, -0.1) is 0 Å². The third-order valence-electron chi connectivity index (χ3n) is 5.31. The number of H-pyrrole nitrogens is 1. The average Bonchev–Trinajstić information content (AvgIpc) is 2.86. The lowest BCUT2D eigenvalue weighted by Gasteiger charge is -2.30. The first kappa shape index (κ1) is 24.1. The number of phenols is 1. The van der Waals surface area contributed by atoms with Crippen molar-refractivity contribution in [2.75, 3.05) is 13.1 Å². The predicted molar refractivity (Wildman–Crippen MR) is 124 cm³/mol. The largest absolute Gasteiger partial charge is 0.870 e. The van der Waals surface area contributed by atoms with E-state index in [1.54, 1.807) is 0 Å². The fraction of sp³-hybridized carbons (Fsp3) is 0.652. The number of benzene rings is 1. The number of phenolic OH excluding ortho intramolecular Hbond substituents is 1. The van der Waals surface area contributed by atoms with Gasteiger partial charge in [0.2, 0.25) is 5.03 Å². The van der Waals surface area contributed by atoms with E-state index in [0.717, 1.165) is 50.0 Å². The Balaban J connectivity index is 0.00000300. The van der Waals surface area contributed by atoms with Crippen molar-refractivity contribution in [3.8, 4) is 5.75 Å². The molecule has 29 heavy (non-hydrogen) atoms. The van der Waals surface area contributed by atoms with Crippen LogP contribution in [0.15, 0.2) is 17.2 Å². The number of hydrogen-bond donors (Lipinski definition) is 3. The van der Waals surface area contributed by atoms with Crippen LogP contribution in [0.5, 0.6) is 5.75 Å². The molecule has 1 aromatic heterocycles. The van der Waals surface area contributed by atoms with Crippen molar-refractivity contribution in [1.29, 1.82) is 0 Å². The molecule has 0 spiro atoms. The van der Waals surface area contributed by atoms with Gasteiger partial charge < -0.3 is 21.3 Å². The van der Waals surface area contributed by atoms with Gasteiger partial charge in [0.15, 0.2) is 0 Å². The molecular weight excluding hydrogens is 382 g/mol. The Hall–Kier alpha value is -1.21. The second-order valence-electron chi connectivity index (χ2n) is 10.6. The Morgan fingerprint density at radius 3 is 2.28 bits per heavy atom. The molecule has 1 fully saturated rings. The van der Waals surface area contributed by atoms with Crippen molar-refractivity contribution >= 4 is 22.7 Å². The lowest BCUT2D eigenvalue weighted by atomic mass is 9.88. The maximum atomic E-state index is 10.7. The molecule has 6 heteroatoms. The highest BCUT2D eigenvalue weighted by molar-refractivity contribution is 7.80. The summed E-state index contributed by atoms with van der Waals surface area (Å²) < 4.78 is 0.179. The third-order valence-corrected chi connectivity index (χ3v) is 6.59. The molecule has 1 aliphatic heterocycles. The topological polar surface area (TPSA) is 95.3 Å². The smallest absolute Gasteiger partial charge is 0.227 e. The molecular formula is C23H39N3O2S. The van der Waals surface area contributed by atoms with Gasteiger partial charge in [0.25, 0.3) is 0 Å².